The molecule has 1 N–H and O–H groups in total. The molecule has 0 spiro atoms. The zero-order valence-electron chi connectivity index (χ0n) is 5.55. The van der Waals surface area contributed by atoms with E-state index in [1.165, 1.54) is 0 Å². The van der Waals surface area contributed by atoms with Gasteiger partial charge >= 0.3 is 0 Å². The molecule has 0 aliphatic carbocycles. The molecular formula is C6H10O3. The molecule has 0 aromatic heterocycles. The summed E-state index contributed by atoms with van der Waals surface area (Å²) in [5.41, 5.74) is -0.320. The Morgan fingerprint density at radius 3 is 2.33 bits per heavy atom. The van der Waals surface area contributed by atoms with Crippen molar-refractivity contribution < 1.29 is 14.6 Å². The average molecular weight is 130 g/mol. The van der Waals surface area contributed by atoms with Crippen LogP contribution in [0.1, 0.15) is 13.8 Å². The number of hydrogen-bond acceptors (Lipinski definition) is 3. The summed E-state index contributed by atoms with van der Waals surface area (Å²) < 4.78 is 4.95. The molecule has 1 heterocycles. The number of epoxide rings is 1. The van der Waals surface area contributed by atoms with Gasteiger partial charge in [-0.3, -0.25) is 4.79 Å². The van der Waals surface area contributed by atoms with E-state index in [2.05, 4.69) is 0 Å². The highest BCUT2D eigenvalue weighted by atomic mass is 16.6. The summed E-state index contributed by atoms with van der Waals surface area (Å²) >= 11 is 0. The van der Waals surface area contributed by atoms with Crippen LogP contribution in [0.2, 0.25) is 0 Å². The van der Waals surface area contributed by atoms with E-state index in [-0.39, 0.29) is 17.5 Å². The summed E-state index contributed by atoms with van der Waals surface area (Å²) in [6, 6.07) is 0. The lowest BCUT2D eigenvalue weighted by atomic mass is 10.1. The molecule has 0 aromatic carbocycles. The number of ether oxygens (including phenoxy) is 1. The standard InChI is InChI=1S/C6H10O3/c1-6(2)5(9-6)4(8)3-7/h5,7H,3H2,1-2H3. The van der Waals surface area contributed by atoms with Crippen molar-refractivity contribution in [3.63, 3.8) is 0 Å². The van der Waals surface area contributed by atoms with Gasteiger partial charge < -0.3 is 9.84 Å². The molecule has 1 saturated heterocycles. The minimum absolute atomic E-state index is 0.222. The Balaban J connectivity index is 2.42. The van der Waals surface area contributed by atoms with Gasteiger partial charge in [-0.15, -0.1) is 0 Å². The highest BCUT2D eigenvalue weighted by molar-refractivity contribution is 5.87. The van der Waals surface area contributed by atoms with Gasteiger partial charge in [-0.1, -0.05) is 0 Å². The fourth-order valence-corrected chi connectivity index (χ4v) is 0.806. The molecule has 1 atom stereocenters. The molecule has 0 aromatic rings. The van der Waals surface area contributed by atoms with Crippen molar-refractivity contribution in [2.45, 2.75) is 25.6 Å². The van der Waals surface area contributed by atoms with E-state index in [0.717, 1.165) is 0 Å². The monoisotopic (exact) mass is 130 g/mol. The first-order valence-corrected chi connectivity index (χ1v) is 2.89. The van der Waals surface area contributed by atoms with E-state index in [0.29, 0.717) is 0 Å². The molecule has 9 heavy (non-hydrogen) atoms. The van der Waals surface area contributed by atoms with Crippen LogP contribution < -0.4 is 0 Å². The Labute approximate surface area is 53.6 Å². The lowest BCUT2D eigenvalue weighted by Gasteiger charge is -1.90. The first-order valence-electron chi connectivity index (χ1n) is 2.89. The SMILES string of the molecule is CC1(C)OC1C(=O)CO. The number of hydrogen-bond donors (Lipinski definition) is 1. The van der Waals surface area contributed by atoms with Gasteiger partial charge in [0.1, 0.15) is 12.7 Å². The second-order valence-corrected chi connectivity index (χ2v) is 2.73. The van der Waals surface area contributed by atoms with E-state index in [1.807, 2.05) is 13.8 Å². The maximum atomic E-state index is 10.6. The second kappa shape index (κ2) is 1.78. The lowest BCUT2D eigenvalue weighted by Crippen LogP contribution is -2.17. The molecule has 3 nitrogen and oxygen atoms in total. The van der Waals surface area contributed by atoms with Crippen LogP contribution >= 0.6 is 0 Å². The summed E-state index contributed by atoms with van der Waals surface area (Å²) in [5.74, 6) is -0.222. The van der Waals surface area contributed by atoms with Gasteiger partial charge in [0.25, 0.3) is 0 Å². The largest absolute Gasteiger partial charge is 0.388 e. The van der Waals surface area contributed by atoms with Crippen LogP contribution in [0.3, 0.4) is 0 Å². The van der Waals surface area contributed by atoms with E-state index in [4.69, 9.17) is 9.84 Å². The minimum Gasteiger partial charge on any atom is -0.388 e. The Kier molecular flexibility index (Phi) is 1.33. The molecule has 1 aliphatic heterocycles. The van der Waals surface area contributed by atoms with Crippen LogP contribution in [0.5, 0.6) is 0 Å². The van der Waals surface area contributed by atoms with Gasteiger partial charge in [-0.05, 0) is 13.8 Å². The Morgan fingerprint density at radius 2 is 2.22 bits per heavy atom. The molecule has 1 aliphatic rings. The van der Waals surface area contributed by atoms with Gasteiger partial charge in [-0.2, -0.15) is 0 Å². The summed E-state index contributed by atoms with van der Waals surface area (Å²) in [6.45, 7) is 3.24. The zero-order chi connectivity index (χ0) is 7.07. The summed E-state index contributed by atoms with van der Waals surface area (Å²) in [7, 11) is 0. The van der Waals surface area contributed by atoms with Crippen molar-refractivity contribution in [2.24, 2.45) is 0 Å². The van der Waals surface area contributed by atoms with Crippen molar-refractivity contribution in [1.82, 2.24) is 0 Å². The number of carbonyl (C=O) groups excluding carboxylic acids is 1. The first kappa shape index (κ1) is 6.71. The summed E-state index contributed by atoms with van der Waals surface area (Å²) in [4.78, 5) is 10.6. The minimum atomic E-state index is -0.409. The zero-order valence-corrected chi connectivity index (χ0v) is 5.55. The van der Waals surface area contributed by atoms with Gasteiger partial charge in [0, 0.05) is 0 Å². The van der Waals surface area contributed by atoms with Gasteiger partial charge in [-0.25, -0.2) is 0 Å². The molecule has 0 bridgehead atoms. The van der Waals surface area contributed by atoms with E-state index in [1.54, 1.807) is 0 Å². The van der Waals surface area contributed by atoms with Crippen LogP contribution in [0.25, 0.3) is 0 Å². The molecule has 52 valence electrons. The highest BCUT2D eigenvalue weighted by Gasteiger charge is 2.52. The quantitative estimate of drug-likeness (QED) is 0.523. The Morgan fingerprint density at radius 1 is 1.78 bits per heavy atom. The molecule has 1 fully saturated rings. The van der Waals surface area contributed by atoms with Crippen LogP contribution in [-0.2, 0) is 9.53 Å². The Hall–Kier alpha value is -0.410. The molecular weight excluding hydrogens is 120 g/mol. The fourth-order valence-electron chi connectivity index (χ4n) is 0.806. The van der Waals surface area contributed by atoms with E-state index >= 15 is 0 Å². The third kappa shape index (κ3) is 1.11. The number of aliphatic hydroxyl groups is 1. The lowest BCUT2D eigenvalue weighted by molar-refractivity contribution is -0.122. The number of rotatable bonds is 2. The van der Waals surface area contributed by atoms with Gasteiger partial charge in [0.15, 0.2) is 5.78 Å². The maximum Gasteiger partial charge on any atom is 0.189 e. The number of ketones is 1. The van der Waals surface area contributed by atoms with Crippen molar-refractivity contribution >= 4 is 5.78 Å². The van der Waals surface area contributed by atoms with Crippen LogP contribution in [-0.4, -0.2) is 29.2 Å². The van der Waals surface area contributed by atoms with Crippen molar-refractivity contribution in [3.05, 3.63) is 0 Å². The number of Topliss-reactive ketones (excluding diaryl/α,β-unsaturated/α-hetero) is 1. The maximum absolute atomic E-state index is 10.6. The van der Waals surface area contributed by atoms with Crippen LogP contribution in [0, 0.1) is 0 Å². The summed E-state index contributed by atoms with van der Waals surface area (Å²) in [5, 5.41) is 8.35. The van der Waals surface area contributed by atoms with Crippen LogP contribution in [0.4, 0.5) is 0 Å². The van der Waals surface area contributed by atoms with Gasteiger partial charge in [0.05, 0.1) is 5.60 Å². The predicted molar refractivity (Wildman–Crippen MR) is 31.0 cm³/mol. The first-order chi connectivity index (χ1) is 4.08. The third-order valence-corrected chi connectivity index (χ3v) is 1.44. The van der Waals surface area contributed by atoms with Crippen molar-refractivity contribution in [2.75, 3.05) is 6.61 Å². The van der Waals surface area contributed by atoms with E-state index in [9.17, 15) is 4.79 Å². The molecule has 1 rings (SSSR count). The number of aliphatic hydroxyl groups excluding tert-OH is 1. The van der Waals surface area contributed by atoms with Crippen molar-refractivity contribution in [3.8, 4) is 0 Å². The van der Waals surface area contributed by atoms with E-state index < -0.39 is 6.61 Å². The third-order valence-electron chi connectivity index (χ3n) is 1.44. The van der Waals surface area contributed by atoms with Crippen LogP contribution in [0.15, 0.2) is 0 Å². The average Bonchev–Trinajstić information content (AvgIpc) is 2.38. The second-order valence-electron chi connectivity index (χ2n) is 2.73. The smallest absolute Gasteiger partial charge is 0.189 e. The summed E-state index contributed by atoms with van der Waals surface area (Å²) in [6.07, 6.45) is -0.359. The molecule has 1 unspecified atom stereocenters. The highest BCUT2D eigenvalue weighted by Crippen LogP contribution is 2.35. The van der Waals surface area contributed by atoms with Crippen molar-refractivity contribution in [1.29, 1.82) is 0 Å². The van der Waals surface area contributed by atoms with Gasteiger partial charge in [0.2, 0.25) is 0 Å². The molecule has 0 saturated carbocycles. The fraction of sp³-hybridized carbons (Fsp3) is 0.833. The molecule has 0 radical (unpaired) electrons. The molecule has 3 heteroatoms. The Bertz CT molecular complexity index is 139. The topological polar surface area (TPSA) is 49.8 Å². The predicted octanol–water partition coefficient (Wildman–Crippen LogP) is -0.275. The number of carbonyl (C=O) groups is 1. The molecule has 0 amide bonds. The normalized spacial score (nSPS) is 29.9.